The summed E-state index contributed by atoms with van der Waals surface area (Å²) in [6.07, 6.45) is 5.20. The zero-order valence-electron chi connectivity index (χ0n) is 12.6. The van der Waals surface area contributed by atoms with Crippen LogP contribution in [0.15, 0.2) is 37.1 Å². The molecule has 0 saturated carbocycles. The topological polar surface area (TPSA) is 52.6 Å². The van der Waals surface area contributed by atoms with E-state index in [9.17, 15) is 9.59 Å². The molecule has 0 aromatic heterocycles. The molecule has 0 saturated heterocycles. The number of hydrogen-bond acceptors (Lipinski definition) is 4. The van der Waals surface area contributed by atoms with Gasteiger partial charge in [0.25, 0.3) is 0 Å². The highest BCUT2D eigenvalue weighted by Crippen LogP contribution is 2.18. The Bertz CT molecular complexity index is 386. The van der Waals surface area contributed by atoms with Crippen molar-refractivity contribution in [2.45, 2.75) is 40.0 Å². The SMILES string of the molecule is C=C/C=C(\C=C)OC(=O)CCC(=O)OCCC(C)(C)C. The molecule has 112 valence electrons. The van der Waals surface area contributed by atoms with Crippen LogP contribution in [0.3, 0.4) is 0 Å². The Morgan fingerprint density at radius 3 is 2.20 bits per heavy atom. The van der Waals surface area contributed by atoms with Crippen molar-refractivity contribution in [3.8, 4) is 0 Å². The largest absolute Gasteiger partial charge is 0.466 e. The summed E-state index contributed by atoms with van der Waals surface area (Å²) in [6.45, 7) is 13.6. The molecular weight excluding hydrogens is 256 g/mol. The fraction of sp³-hybridized carbons (Fsp3) is 0.500. The molecule has 0 rings (SSSR count). The predicted octanol–water partition coefficient (Wildman–Crippen LogP) is 3.55. The minimum Gasteiger partial charge on any atom is -0.466 e. The van der Waals surface area contributed by atoms with Gasteiger partial charge in [-0.15, -0.1) is 0 Å². The van der Waals surface area contributed by atoms with Crippen LogP contribution >= 0.6 is 0 Å². The number of allylic oxidation sites excluding steroid dienone is 3. The summed E-state index contributed by atoms with van der Waals surface area (Å²) in [5.41, 5.74) is 0.119. The van der Waals surface area contributed by atoms with Crippen LogP contribution in [0.25, 0.3) is 0 Å². The molecule has 20 heavy (non-hydrogen) atoms. The van der Waals surface area contributed by atoms with E-state index in [-0.39, 0.29) is 24.2 Å². The van der Waals surface area contributed by atoms with Crippen molar-refractivity contribution < 1.29 is 19.1 Å². The van der Waals surface area contributed by atoms with Gasteiger partial charge in [-0.1, -0.05) is 40.0 Å². The summed E-state index contributed by atoms with van der Waals surface area (Å²) in [6, 6.07) is 0. The van der Waals surface area contributed by atoms with Crippen molar-refractivity contribution in [2.75, 3.05) is 6.61 Å². The quantitative estimate of drug-likeness (QED) is 0.387. The number of carbonyl (C=O) groups excluding carboxylic acids is 2. The molecule has 0 heterocycles. The van der Waals surface area contributed by atoms with E-state index in [4.69, 9.17) is 9.47 Å². The minimum absolute atomic E-state index is 0.0154. The summed E-state index contributed by atoms with van der Waals surface area (Å²) >= 11 is 0. The van der Waals surface area contributed by atoms with Crippen molar-refractivity contribution >= 4 is 11.9 Å². The first-order valence-corrected chi connectivity index (χ1v) is 6.60. The van der Waals surface area contributed by atoms with Crippen LogP contribution in [0, 0.1) is 5.41 Å². The Hall–Kier alpha value is -1.84. The van der Waals surface area contributed by atoms with Crippen LogP contribution in [0.5, 0.6) is 0 Å². The lowest BCUT2D eigenvalue weighted by Crippen LogP contribution is -2.14. The summed E-state index contributed by atoms with van der Waals surface area (Å²) in [5.74, 6) is -0.573. The molecule has 0 aliphatic rings. The number of esters is 2. The molecule has 0 amide bonds. The molecule has 0 atom stereocenters. The molecule has 0 aliphatic carbocycles. The summed E-state index contributed by atoms with van der Waals surface area (Å²) < 4.78 is 10.0. The third-order valence-electron chi connectivity index (χ3n) is 2.36. The van der Waals surface area contributed by atoms with Gasteiger partial charge in [-0.3, -0.25) is 9.59 Å². The van der Waals surface area contributed by atoms with Gasteiger partial charge in [-0.25, -0.2) is 0 Å². The molecule has 0 aromatic rings. The average Bonchev–Trinajstić information content (AvgIpc) is 2.34. The molecular formula is C16H24O4. The standard InChI is InChI=1S/C16H24O4/c1-6-8-13(7-2)20-15(18)10-9-14(17)19-12-11-16(3,4)5/h6-8H,1-2,9-12H2,3-5H3/b13-8+. The molecule has 4 nitrogen and oxygen atoms in total. The monoisotopic (exact) mass is 280 g/mol. The summed E-state index contributed by atoms with van der Waals surface area (Å²) in [4.78, 5) is 22.9. The van der Waals surface area contributed by atoms with Gasteiger partial charge >= 0.3 is 11.9 Å². The molecule has 0 spiro atoms. The number of carbonyl (C=O) groups is 2. The third-order valence-corrected chi connectivity index (χ3v) is 2.36. The van der Waals surface area contributed by atoms with Gasteiger partial charge in [0.1, 0.15) is 5.76 Å². The van der Waals surface area contributed by atoms with Crippen LogP contribution in [0.2, 0.25) is 0 Å². The molecule has 0 fully saturated rings. The molecule has 0 unspecified atom stereocenters. The van der Waals surface area contributed by atoms with Gasteiger partial charge in [0, 0.05) is 0 Å². The molecule has 0 bridgehead atoms. The normalized spacial score (nSPS) is 11.7. The lowest BCUT2D eigenvalue weighted by Gasteiger charge is -2.17. The first-order valence-electron chi connectivity index (χ1n) is 6.60. The molecule has 0 N–H and O–H groups in total. The highest BCUT2D eigenvalue weighted by atomic mass is 16.5. The number of ether oxygens (including phenoxy) is 2. The Morgan fingerprint density at radius 2 is 1.70 bits per heavy atom. The van der Waals surface area contributed by atoms with Crippen LogP contribution in [0.1, 0.15) is 40.0 Å². The van der Waals surface area contributed by atoms with Gasteiger partial charge in [-0.2, -0.15) is 0 Å². The van der Waals surface area contributed by atoms with Crippen LogP contribution in [0.4, 0.5) is 0 Å². The van der Waals surface area contributed by atoms with E-state index in [1.807, 2.05) is 0 Å². The van der Waals surface area contributed by atoms with Gasteiger partial charge in [-0.05, 0) is 24.0 Å². The lowest BCUT2D eigenvalue weighted by molar-refractivity contribution is -0.148. The maximum atomic E-state index is 11.5. The van der Waals surface area contributed by atoms with Crippen molar-refractivity contribution in [1.82, 2.24) is 0 Å². The Morgan fingerprint density at radius 1 is 1.10 bits per heavy atom. The highest BCUT2D eigenvalue weighted by Gasteiger charge is 2.13. The van der Waals surface area contributed by atoms with Gasteiger partial charge in [0.05, 0.1) is 19.4 Å². The first-order chi connectivity index (χ1) is 9.28. The lowest BCUT2D eigenvalue weighted by atomic mass is 9.93. The fourth-order valence-corrected chi connectivity index (χ4v) is 1.19. The van der Waals surface area contributed by atoms with Crippen molar-refractivity contribution in [1.29, 1.82) is 0 Å². The molecule has 0 radical (unpaired) electrons. The molecule has 4 heteroatoms. The Balaban J connectivity index is 3.95. The Labute approximate surface area is 121 Å². The van der Waals surface area contributed by atoms with E-state index in [0.717, 1.165) is 6.42 Å². The van der Waals surface area contributed by atoms with E-state index in [1.165, 1.54) is 18.2 Å². The van der Waals surface area contributed by atoms with Crippen LogP contribution in [-0.2, 0) is 19.1 Å². The molecule has 0 aliphatic heterocycles. The average molecular weight is 280 g/mol. The zero-order valence-corrected chi connectivity index (χ0v) is 12.6. The summed E-state index contributed by atoms with van der Waals surface area (Å²) in [5, 5.41) is 0. The maximum absolute atomic E-state index is 11.5. The first kappa shape index (κ1) is 18.2. The van der Waals surface area contributed by atoms with Gasteiger partial charge < -0.3 is 9.47 Å². The number of rotatable bonds is 8. The van der Waals surface area contributed by atoms with E-state index in [1.54, 1.807) is 0 Å². The maximum Gasteiger partial charge on any atom is 0.311 e. The second-order valence-electron chi connectivity index (χ2n) is 5.51. The van der Waals surface area contributed by atoms with E-state index < -0.39 is 5.97 Å². The van der Waals surface area contributed by atoms with E-state index >= 15 is 0 Å². The van der Waals surface area contributed by atoms with Crippen molar-refractivity contribution in [2.24, 2.45) is 5.41 Å². The smallest absolute Gasteiger partial charge is 0.311 e. The second-order valence-corrected chi connectivity index (χ2v) is 5.51. The highest BCUT2D eigenvalue weighted by molar-refractivity contribution is 5.78. The predicted molar refractivity (Wildman–Crippen MR) is 78.8 cm³/mol. The fourth-order valence-electron chi connectivity index (χ4n) is 1.19. The Kier molecular flexibility index (Phi) is 8.29. The number of hydrogen-bond donors (Lipinski definition) is 0. The van der Waals surface area contributed by atoms with Crippen molar-refractivity contribution in [3.63, 3.8) is 0 Å². The van der Waals surface area contributed by atoms with Gasteiger partial charge in [0.2, 0.25) is 0 Å². The van der Waals surface area contributed by atoms with Crippen LogP contribution < -0.4 is 0 Å². The summed E-state index contributed by atoms with van der Waals surface area (Å²) in [7, 11) is 0. The zero-order chi connectivity index (χ0) is 15.6. The van der Waals surface area contributed by atoms with Crippen LogP contribution in [-0.4, -0.2) is 18.5 Å². The molecule has 0 aromatic carbocycles. The van der Waals surface area contributed by atoms with Crippen molar-refractivity contribution in [3.05, 3.63) is 37.1 Å². The minimum atomic E-state index is -0.495. The van der Waals surface area contributed by atoms with E-state index in [2.05, 4.69) is 33.9 Å². The van der Waals surface area contributed by atoms with E-state index in [0.29, 0.717) is 12.4 Å². The second kappa shape index (κ2) is 9.13. The van der Waals surface area contributed by atoms with Gasteiger partial charge in [0.15, 0.2) is 0 Å². The third kappa shape index (κ3) is 10.1.